The molecule has 1 amide bonds. The second kappa shape index (κ2) is 10.6. The summed E-state index contributed by atoms with van der Waals surface area (Å²) >= 11 is 1.69. The summed E-state index contributed by atoms with van der Waals surface area (Å²) in [5.74, 6) is 0.796. The predicted molar refractivity (Wildman–Crippen MR) is 119 cm³/mol. The molecule has 0 aliphatic carbocycles. The average Bonchev–Trinajstić information content (AvgIpc) is 2.70. The number of thioether (sulfide) groups is 1. The van der Waals surface area contributed by atoms with Crippen molar-refractivity contribution >= 4 is 23.4 Å². The van der Waals surface area contributed by atoms with Crippen LogP contribution in [0.5, 0.6) is 0 Å². The molecular weight excluding hydrogens is 366 g/mol. The van der Waals surface area contributed by atoms with E-state index in [1.54, 1.807) is 11.8 Å². The number of amides is 1. The van der Waals surface area contributed by atoms with Crippen molar-refractivity contribution in [3.8, 4) is 0 Å². The van der Waals surface area contributed by atoms with Crippen molar-refractivity contribution in [2.45, 2.75) is 24.3 Å². The fourth-order valence-corrected chi connectivity index (χ4v) is 4.29. The van der Waals surface area contributed by atoms with Crippen molar-refractivity contribution in [3.63, 3.8) is 0 Å². The quantitative estimate of drug-likeness (QED) is 0.678. The first-order valence-corrected chi connectivity index (χ1v) is 11.2. The zero-order valence-corrected chi connectivity index (χ0v) is 17.8. The maximum absolute atomic E-state index is 12.4. The third-order valence-corrected chi connectivity index (χ3v) is 6.02. The predicted octanol–water partition coefficient (Wildman–Crippen LogP) is 4.19. The molecule has 0 spiro atoms. The van der Waals surface area contributed by atoms with Crippen LogP contribution in [0.1, 0.15) is 18.4 Å². The van der Waals surface area contributed by atoms with Crippen molar-refractivity contribution in [1.82, 2.24) is 9.80 Å². The molecule has 28 heavy (non-hydrogen) atoms. The van der Waals surface area contributed by atoms with Crippen molar-refractivity contribution in [2.24, 2.45) is 5.92 Å². The van der Waals surface area contributed by atoms with Crippen LogP contribution in [-0.2, 0) is 11.3 Å². The third kappa shape index (κ3) is 6.66. The second-order valence-electron chi connectivity index (χ2n) is 7.68. The Morgan fingerprint density at radius 1 is 1.14 bits per heavy atom. The molecular formula is C23H31N3OS. The molecule has 0 saturated carbocycles. The number of nitrogens with zero attached hydrogens (tertiary/aromatic N) is 2. The fraction of sp³-hybridized carbons (Fsp3) is 0.435. The minimum Gasteiger partial charge on any atom is -0.325 e. The number of carbonyl (C=O) groups is 1. The van der Waals surface area contributed by atoms with Crippen LogP contribution >= 0.6 is 11.8 Å². The van der Waals surface area contributed by atoms with Crippen LogP contribution < -0.4 is 5.32 Å². The molecule has 1 N–H and O–H groups in total. The summed E-state index contributed by atoms with van der Waals surface area (Å²) in [6, 6.07) is 18.7. The van der Waals surface area contributed by atoms with Gasteiger partial charge in [0.05, 0.1) is 6.54 Å². The Hall–Kier alpha value is -1.82. The Bertz CT molecular complexity index is 745. The van der Waals surface area contributed by atoms with E-state index in [2.05, 4.69) is 58.6 Å². The highest BCUT2D eigenvalue weighted by Crippen LogP contribution is 2.20. The number of benzene rings is 2. The maximum atomic E-state index is 12.4. The second-order valence-corrected chi connectivity index (χ2v) is 8.56. The molecule has 150 valence electrons. The molecule has 0 bridgehead atoms. The van der Waals surface area contributed by atoms with Crippen LogP contribution in [0.25, 0.3) is 0 Å². The number of nitrogens with one attached hydrogen (secondary N) is 1. The van der Waals surface area contributed by atoms with Gasteiger partial charge in [0.15, 0.2) is 0 Å². The van der Waals surface area contributed by atoms with Gasteiger partial charge in [0.2, 0.25) is 5.91 Å². The van der Waals surface area contributed by atoms with Crippen LogP contribution in [0, 0.1) is 5.92 Å². The molecule has 1 aliphatic heterocycles. The summed E-state index contributed by atoms with van der Waals surface area (Å²) < 4.78 is 0. The Balaban J connectivity index is 1.38. The number of hydrogen-bond donors (Lipinski definition) is 1. The monoisotopic (exact) mass is 397 g/mol. The molecule has 0 unspecified atom stereocenters. The van der Waals surface area contributed by atoms with Gasteiger partial charge in [-0.05, 0) is 68.9 Å². The first kappa shape index (κ1) is 20.9. The Labute approximate surface area is 173 Å². The summed E-state index contributed by atoms with van der Waals surface area (Å²) in [5.41, 5.74) is 2.25. The fourth-order valence-electron chi connectivity index (χ4n) is 3.83. The van der Waals surface area contributed by atoms with Gasteiger partial charge in [-0.25, -0.2) is 0 Å². The van der Waals surface area contributed by atoms with Crippen molar-refractivity contribution in [1.29, 1.82) is 0 Å². The molecule has 0 aromatic heterocycles. The average molecular weight is 398 g/mol. The SMILES string of the molecule is CSc1cccc(NC(=O)CN2CCC(CN(C)Cc3ccccc3)CC2)c1. The minimum atomic E-state index is 0.0814. The maximum Gasteiger partial charge on any atom is 0.238 e. The molecule has 2 aromatic rings. The highest BCUT2D eigenvalue weighted by Gasteiger charge is 2.22. The van der Waals surface area contributed by atoms with Crippen molar-refractivity contribution in [2.75, 3.05) is 44.8 Å². The van der Waals surface area contributed by atoms with Gasteiger partial charge >= 0.3 is 0 Å². The zero-order chi connectivity index (χ0) is 19.8. The lowest BCUT2D eigenvalue weighted by atomic mass is 9.96. The topological polar surface area (TPSA) is 35.6 Å². The first-order valence-electron chi connectivity index (χ1n) is 10.0. The summed E-state index contributed by atoms with van der Waals surface area (Å²) in [5, 5.41) is 3.03. The van der Waals surface area contributed by atoms with E-state index in [-0.39, 0.29) is 5.91 Å². The molecule has 3 rings (SSSR count). The number of rotatable bonds is 8. The van der Waals surface area contributed by atoms with E-state index in [1.807, 2.05) is 24.5 Å². The number of likely N-dealkylation sites (tertiary alicyclic amines) is 1. The van der Waals surface area contributed by atoms with E-state index < -0.39 is 0 Å². The van der Waals surface area contributed by atoms with Gasteiger partial charge in [-0.3, -0.25) is 9.69 Å². The highest BCUT2D eigenvalue weighted by atomic mass is 32.2. The van der Waals surface area contributed by atoms with E-state index >= 15 is 0 Å². The van der Waals surface area contributed by atoms with E-state index in [0.717, 1.165) is 44.7 Å². The lowest BCUT2D eigenvalue weighted by Crippen LogP contribution is -2.41. The van der Waals surface area contributed by atoms with Crippen LogP contribution in [0.4, 0.5) is 5.69 Å². The summed E-state index contributed by atoms with van der Waals surface area (Å²) in [6.45, 7) is 4.61. The molecule has 5 heteroatoms. The zero-order valence-electron chi connectivity index (χ0n) is 16.9. The van der Waals surface area contributed by atoms with Crippen molar-refractivity contribution in [3.05, 3.63) is 60.2 Å². The van der Waals surface area contributed by atoms with Crippen LogP contribution in [0.2, 0.25) is 0 Å². The van der Waals surface area contributed by atoms with E-state index in [4.69, 9.17) is 0 Å². The number of anilines is 1. The summed E-state index contributed by atoms with van der Waals surface area (Å²) in [6.07, 6.45) is 4.37. The van der Waals surface area contributed by atoms with Gasteiger partial charge in [0.1, 0.15) is 0 Å². The molecule has 0 radical (unpaired) electrons. The molecule has 1 aliphatic rings. The van der Waals surface area contributed by atoms with Crippen LogP contribution in [0.15, 0.2) is 59.5 Å². The molecule has 2 aromatic carbocycles. The van der Waals surface area contributed by atoms with Crippen LogP contribution in [-0.4, -0.2) is 55.2 Å². The Morgan fingerprint density at radius 2 is 1.89 bits per heavy atom. The summed E-state index contributed by atoms with van der Waals surface area (Å²) in [4.78, 5) is 18.2. The van der Waals surface area contributed by atoms with Gasteiger partial charge < -0.3 is 10.2 Å². The van der Waals surface area contributed by atoms with Gasteiger partial charge in [-0.15, -0.1) is 11.8 Å². The van der Waals surface area contributed by atoms with Gasteiger partial charge in [-0.1, -0.05) is 36.4 Å². The molecule has 1 heterocycles. The third-order valence-electron chi connectivity index (χ3n) is 5.29. The molecule has 4 nitrogen and oxygen atoms in total. The molecule has 0 atom stereocenters. The first-order chi connectivity index (χ1) is 13.6. The number of piperidine rings is 1. The Morgan fingerprint density at radius 3 is 2.61 bits per heavy atom. The Kier molecular flexibility index (Phi) is 7.95. The largest absolute Gasteiger partial charge is 0.325 e. The normalized spacial score (nSPS) is 15.7. The van der Waals surface area contributed by atoms with Crippen molar-refractivity contribution < 1.29 is 4.79 Å². The molecule has 1 saturated heterocycles. The van der Waals surface area contributed by atoms with E-state index in [0.29, 0.717) is 12.5 Å². The van der Waals surface area contributed by atoms with E-state index in [1.165, 1.54) is 10.5 Å². The number of hydrogen-bond acceptors (Lipinski definition) is 4. The smallest absolute Gasteiger partial charge is 0.238 e. The van der Waals surface area contributed by atoms with Gasteiger partial charge in [0.25, 0.3) is 0 Å². The van der Waals surface area contributed by atoms with Gasteiger partial charge in [0, 0.05) is 23.7 Å². The van der Waals surface area contributed by atoms with Gasteiger partial charge in [-0.2, -0.15) is 0 Å². The van der Waals surface area contributed by atoms with Crippen LogP contribution in [0.3, 0.4) is 0 Å². The summed E-state index contributed by atoms with van der Waals surface area (Å²) in [7, 11) is 2.20. The minimum absolute atomic E-state index is 0.0814. The lowest BCUT2D eigenvalue weighted by molar-refractivity contribution is -0.117. The molecule has 1 fully saturated rings. The lowest BCUT2D eigenvalue weighted by Gasteiger charge is -2.33. The standard InChI is InChI=1S/C23H31N3OS/c1-25(16-19-7-4-3-5-8-19)17-20-11-13-26(14-12-20)18-23(27)24-21-9-6-10-22(15-21)28-2/h3-10,15,20H,11-14,16-18H2,1-2H3,(H,24,27). The highest BCUT2D eigenvalue weighted by molar-refractivity contribution is 7.98. The number of carbonyl (C=O) groups excluding carboxylic acids is 1. The van der Waals surface area contributed by atoms with E-state index in [9.17, 15) is 4.79 Å².